The topological polar surface area (TPSA) is 29.5 Å². The monoisotopic (exact) mass is 268 g/mol. The molecule has 0 fully saturated rings. The summed E-state index contributed by atoms with van der Waals surface area (Å²) >= 11 is 5.94. The molecular weight excluding hydrogens is 248 g/mol. The molecule has 3 unspecified atom stereocenters. The van der Waals surface area contributed by atoms with Gasteiger partial charge in [0.25, 0.3) is 0 Å². The summed E-state index contributed by atoms with van der Waals surface area (Å²) in [7, 11) is 0. The molecule has 1 heterocycles. The fourth-order valence-corrected chi connectivity index (χ4v) is 2.87. The molecule has 0 amide bonds. The predicted molar refractivity (Wildman–Crippen MR) is 74.1 cm³/mol. The number of ether oxygens (including phenoxy) is 1. The first-order chi connectivity index (χ1) is 8.47. The van der Waals surface area contributed by atoms with Crippen molar-refractivity contribution in [2.45, 2.75) is 45.8 Å². The van der Waals surface area contributed by atoms with Gasteiger partial charge in [0.05, 0.1) is 6.10 Å². The number of aliphatic hydroxyl groups excluding tert-OH is 1. The third-order valence-electron chi connectivity index (χ3n) is 3.54. The van der Waals surface area contributed by atoms with Crippen molar-refractivity contribution in [2.24, 2.45) is 11.8 Å². The van der Waals surface area contributed by atoms with Crippen molar-refractivity contribution < 1.29 is 9.84 Å². The number of rotatable bonds is 3. The molecule has 0 aliphatic carbocycles. The third kappa shape index (κ3) is 2.99. The molecule has 100 valence electrons. The lowest BCUT2D eigenvalue weighted by atomic mass is 9.87. The second kappa shape index (κ2) is 5.50. The first-order valence-electron chi connectivity index (χ1n) is 6.61. The molecule has 18 heavy (non-hydrogen) atoms. The molecule has 2 nitrogen and oxygen atoms in total. The smallest absolute Gasteiger partial charge is 0.125 e. The number of hydrogen-bond acceptors (Lipinski definition) is 2. The molecule has 3 heteroatoms. The minimum atomic E-state index is -0.466. The largest absolute Gasteiger partial charge is 0.490 e. The molecule has 0 radical (unpaired) electrons. The highest BCUT2D eigenvalue weighted by Crippen LogP contribution is 2.39. The maximum Gasteiger partial charge on any atom is 0.125 e. The number of halogens is 1. The van der Waals surface area contributed by atoms with Crippen LogP contribution in [0, 0.1) is 11.8 Å². The van der Waals surface area contributed by atoms with E-state index in [0.717, 1.165) is 17.7 Å². The molecule has 0 spiro atoms. The molecule has 1 aliphatic heterocycles. The zero-order valence-corrected chi connectivity index (χ0v) is 11.9. The minimum absolute atomic E-state index is 0.0936. The second-order valence-corrected chi connectivity index (χ2v) is 6.13. The van der Waals surface area contributed by atoms with Gasteiger partial charge < -0.3 is 9.84 Å². The maximum absolute atomic E-state index is 10.2. The Balaban J connectivity index is 2.15. The van der Waals surface area contributed by atoms with E-state index in [1.165, 1.54) is 0 Å². The zero-order chi connectivity index (χ0) is 13.3. The quantitative estimate of drug-likeness (QED) is 0.890. The highest BCUT2D eigenvalue weighted by molar-refractivity contribution is 6.30. The normalized spacial score (nSPS) is 24.6. The van der Waals surface area contributed by atoms with Crippen LogP contribution in [-0.4, -0.2) is 11.2 Å². The summed E-state index contributed by atoms with van der Waals surface area (Å²) in [5.74, 6) is 1.87. The van der Waals surface area contributed by atoms with E-state index >= 15 is 0 Å². The summed E-state index contributed by atoms with van der Waals surface area (Å²) in [5, 5.41) is 10.8. The Kier molecular flexibility index (Phi) is 4.18. The van der Waals surface area contributed by atoms with E-state index in [2.05, 4.69) is 20.8 Å². The van der Waals surface area contributed by atoms with E-state index in [1.807, 2.05) is 12.1 Å². The average molecular weight is 269 g/mol. The first kappa shape index (κ1) is 13.7. The summed E-state index contributed by atoms with van der Waals surface area (Å²) in [5.41, 5.74) is 0.815. The zero-order valence-electron chi connectivity index (χ0n) is 11.2. The Hall–Kier alpha value is -0.730. The van der Waals surface area contributed by atoms with Crippen molar-refractivity contribution in [1.82, 2.24) is 0 Å². The summed E-state index contributed by atoms with van der Waals surface area (Å²) in [6.07, 6.45) is 1.39. The third-order valence-corrected chi connectivity index (χ3v) is 3.78. The van der Waals surface area contributed by atoms with Crippen LogP contribution in [-0.2, 0) is 0 Å². The van der Waals surface area contributed by atoms with Gasteiger partial charge in [-0.05, 0) is 36.5 Å². The van der Waals surface area contributed by atoms with Crippen LogP contribution in [0.4, 0.5) is 0 Å². The van der Waals surface area contributed by atoms with Gasteiger partial charge in [0.15, 0.2) is 0 Å². The lowest BCUT2D eigenvalue weighted by Crippen LogP contribution is -2.32. The molecule has 3 atom stereocenters. The van der Waals surface area contributed by atoms with Crippen LogP contribution in [0.15, 0.2) is 18.2 Å². The molecule has 1 N–H and O–H groups in total. The fourth-order valence-electron chi connectivity index (χ4n) is 2.69. The number of benzene rings is 1. The standard InChI is InChI=1S/C15H21ClO2/c1-9(2)6-10(3)15-8-13(17)12-7-11(16)4-5-14(12)18-15/h4-5,7,9-10,13,15,17H,6,8H2,1-3H3. The molecule has 0 saturated heterocycles. The lowest BCUT2D eigenvalue weighted by Gasteiger charge is -2.34. The van der Waals surface area contributed by atoms with E-state index in [0.29, 0.717) is 23.3 Å². The molecule has 1 aliphatic rings. The fraction of sp³-hybridized carbons (Fsp3) is 0.600. The summed E-state index contributed by atoms with van der Waals surface area (Å²) in [6.45, 7) is 6.62. The Bertz CT molecular complexity index is 417. The number of hydrogen-bond donors (Lipinski definition) is 1. The highest BCUT2D eigenvalue weighted by Gasteiger charge is 2.30. The van der Waals surface area contributed by atoms with Gasteiger partial charge in [-0.25, -0.2) is 0 Å². The van der Waals surface area contributed by atoms with Crippen LogP contribution in [0.3, 0.4) is 0 Å². The Morgan fingerprint density at radius 1 is 1.39 bits per heavy atom. The molecule has 1 aromatic carbocycles. The van der Waals surface area contributed by atoms with Crippen molar-refractivity contribution in [2.75, 3.05) is 0 Å². The molecule has 0 saturated carbocycles. The van der Waals surface area contributed by atoms with E-state index in [9.17, 15) is 5.11 Å². The molecule has 2 rings (SSSR count). The van der Waals surface area contributed by atoms with Crippen molar-refractivity contribution in [3.8, 4) is 5.75 Å². The Morgan fingerprint density at radius 2 is 2.11 bits per heavy atom. The van der Waals surface area contributed by atoms with Crippen LogP contribution < -0.4 is 4.74 Å². The Morgan fingerprint density at radius 3 is 2.78 bits per heavy atom. The van der Waals surface area contributed by atoms with E-state index in [-0.39, 0.29) is 6.10 Å². The van der Waals surface area contributed by atoms with E-state index in [4.69, 9.17) is 16.3 Å². The van der Waals surface area contributed by atoms with Crippen molar-refractivity contribution in [3.63, 3.8) is 0 Å². The minimum Gasteiger partial charge on any atom is -0.490 e. The van der Waals surface area contributed by atoms with Crippen molar-refractivity contribution in [3.05, 3.63) is 28.8 Å². The predicted octanol–water partition coefficient (Wildman–Crippen LogP) is 4.21. The van der Waals surface area contributed by atoms with Gasteiger partial charge in [-0.1, -0.05) is 32.4 Å². The van der Waals surface area contributed by atoms with Crippen LogP contribution in [0.2, 0.25) is 5.02 Å². The van der Waals surface area contributed by atoms with Gasteiger partial charge in [-0.2, -0.15) is 0 Å². The van der Waals surface area contributed by atoms with Crippen LogP contribution in [0.1, 0.15) is 45.3 Å². The molecule has 1 aromatic rings. The van der Waals surface area contributed by atoms with Gasteiger partial charge in [0.2, 0.25) is 0 Å². The van der Waals surface area contributed by atoms with Gasteiger partial charge >= 0.3 is 0 Å². The van der Waals surface area contributed by atoms with Crippen LogP contribution in [0.25, 0.3) is 0 Å². The SMILES string of the molecule is CC(C)CC(C)C1CC(O)c2cc(Cl)ccc2O1. The van der Waals surface area contributed by atoms with E-state index in [1.54, 1.807) is 6.07 Å². The Labute approximate surface area is 114 Å². The van der Waals surface area contributed by atoms with Gasteiger partial charge in [0, 0.05) is 17.0 Å². The summed E-state index contributed by atoms with van der Waals surface area (Å²) in [6, 6.07) is 5.46. The average Bonchev–Trinajstić information content (AvgIpc) is 2.29. The summed E-state index contributed by atoms with van der Waals surface area (Å²) < 4.78 is 6.00. The highest BCUT2D eigenvalue weighted by atomic mass is 35.5. The van der Waals surface area contributed by atoms with Gasteiger partial charge in [0.1, 0.15) is 11.9 Å². The lowest BCUT2D eigenvalue weighted by molar-refractivity contribution is 0.0332. The van der Waals surface area contributed by atoms with Crippen LogP contribution >= 0.6 is 11.6 Å². The summed E-state index contributed by atoms with van der Waals surface area (Å²) in [4.78, 5) is 0. The second-order valence-electron chi connectivity index (χ2n) is 5.70. The molecule has 0 aromatic heterocycles. The van der Waals surface area contributed by atoms with Gasteiger partial charge in [-0.15, -0.1) is 0 Å². The number of fused-ring (bicyclic) bond motifs is 1. The molecule has 0 bridgehead atoms. The molecular formula is C15H21ClO2. The van der Waals surface area contributed by atoms with Crippen LogP contribution in [0.5, 0.6) is 5.75 Å². The first-order valence-corrected chi connectivity index (χ1v) is 6.99. The number of aliphatic hydroxyl groups is 1. The van der Waals surface area contributed by atoms with E-state index < -0.39 is 6.10 Å². The van der Waals surface area contributed by atoms with Crippen molar-refractivity contribution >= 4 is 11.6 Å². The maximum atomic E-state index is 10.2. The van der Waals surface area contributed by atoms with Gasteiger partial charge in [-0.3, -0.25) is 0 Å². The van der Waals surface area contributed by atoms with Crippen molar-refractivity contribution in [1.29, 1.82) is 0 Å².